The molecule has 0 amide bonds. The van der Waals surface area contributed by atoms with Crippen molar-refractivity contribution >= 4 is 11.4 Å². The summed E-state index contributed by atoms with van der Waals surface area (Å²) in [5.41, 5.74) is 11.5. The molecule has 42 heavy (non-hydrogen) atoms. The largest absolute Gasteiger partial charge is 0.457 e. The average Bonchev–Trinajstić information content (AvgIpc) is 2.94. The average molecular weight is 581 g/mol. The molecular formula is C32H22F6N2O2. The zero-order valence-electron chi connectivity index (χ0n) is 21.6. The fraction of sp³-hybridized carbons (Fsp3) is 0.0625. The van der Waals surface area contributed by atoms with E-state index in [-0.39, 0.29) is 22.9 Å². The number of anilines is 2. The van der Waals surface area contributed by atoms with Crippen molar-refractivity contribution in [3.63, 3.8) is 0 Å². The van der Waals surface area contributed by atoms with Gasteiger partial charge in [0.1, 0.15) is 34.1 Å². The molecular weight excluding hydrogens is 558 g/mol. The van der Waals surface area contributed by atoms with Gasteiger partial charge in [-0.05, 0) is 82.9 Å². The van der Waals surface area contributed by atoms with Crippen molar-refractivity contribution in [2.75, 3.05) is 11.5 Å². The van der Waals surface area contributed by atoms with E-state index < -0.39 is 35.0 Å². The van der Waals surface area contributed by atoms with Gasteiger partial charge >= 0.3 is 12.4 Å². The quantitative estimate of drug-likeness (QED) is 0.155. The number of nitrogens with two attached hydrogens (primary N) is 2. The van der Waals surface area contributed by atoms with Gasteiger partial charge in [-0.2, -0.15) is 26.3 Å². The molecule has 0 saturated heterocycles. The van der Waals surface area contributed by atoms with Gasteiger partial charge in [0.15, 0.2) is 0 Å². The summed E-state index contributed by atoms with van der Waals surface area (Å²) in [6.07, 6.45) is -9.41. The highest BCUT2D eigenvalue weighted by Crippen LogP contribution is 2.43. The van der Waals surface area contributed by atoms with Crippen LogP contribution >= 0.6 is 0 Å². The molecule has 0 aliphatic carbocycles. The lowest BCUT2D eigenvalue weighted by molar-refractivity contribution is -0.139. The van der Waals surface area contributed by atoms with Crippen LogP contribution in [0.5, 0.6) is 23.0 Å². The van der Waals surface area contributed by atoms with Gasteiger partial charge in [0.25, 0.3) is 0 Å². The van der Waals surface area contributed by atoms with Gasteiger partial charge in [0.05, 0.1) is 0 Å². The molecule has 5 aromatic carbocycles. The minimum atomic E-state index is -4.71. The van der Waals surface area contributed by atoms with E-state index in [4.69, 9.17) is 20.9 Å². The van der Waals surface area contributed by atoms with Crippen LogP contribution in [0.25, 0.3) is 22.3 Å². The van der Waals surface area contributed by atoms with Gasteiger partial charge in [-0.3, -0.25) is 0 Å². The van der Waals surface area contributed by atoms with Crippen molar-refractivity contribution in [1.29, 1.82) is 0 Å². The maximum absolute atomic E-state index is 13.7. The number of alkyl halides is 6. The first-order valence-electron chi connectivity index (χ1n) is 12.5. The molecule has 0 spiro atoms. The second-order valence-electron chi connectivity index (χ2n) is 9.31. The summed E-state index contributed by atoms with van der Waals surface area (Å²) in [5.74, 6) is -0.664. The molecule has 0 saturated carbocycles. The zero-order valence-corrected chi connectivity index (χ0v) is 21.6. The maximum atomic E-state index is 13.7. The SMILES string of the molecule is Nc1ccc(Oc2cccc(-c3cc(Oc4ccc(N)cc4C(F)(F)F)ccc3-c3ccccc3)c2)c(C(F)(F)F)c1. The van der Waals surface area contributed by atoms with Crippen molar-refractivity contribution in [1.82, 2.24) is 0 Å². The number of halogens is 6. The lowest BCUT2D eigenvalue weighted by Gasteiger charge is -2.17. The van der Waals surface area contributed by atoms with Crippen molar-refractivity contribution in [2.45, 2.75) is 12.4 Å². The molecule has 10 heteroatoms. The third kappa shape index (κ3) is 6.27. The summed E-state index contributed by atoms with van der Waals surface area (Å²) in [5, 5.41) is 0. The highest BCUT2D eigenvalue weighted by atomic mass is 19.4. The van der Waals surface area contributed by atoms with Crippen molar-refractivity contribution in [3.05, 3.63) is 120 Å². The molecule has 0 aliphatic heterocycles. The van der Waals surface area contributed by atoms with E-state index >= 15 is 0 Å². The zero-order chi connectivity index (χ0) is 30.1. The van der Waals surface area contributed by atoms with Crippen LogP contribution in [0, 0.1) is 0 Å². The van der Waals surface area contributed by atoms with Crippen LogP contribution in [0.3, 0.4) is 0 Å². The van der Waals surface area contributed by atoms with Gasteiger partial charge in [-0.1, -0.05) is 48.5 Å². The maximum Gasteiger partial charge on any atom is 0.420 e. The van der Waals surface area contributed by atoms with Gasteiger partial charge in [-0.25, -0.2) is 0 Å². The van der Waals surface area contributed by atoms with Crippen LogP contribution < -0.4 is 20.9 Å². The Bertz CT molecular complexity index is 1730. The van der Waals surface area contributed by atoms with Crippen molar-refractivity contribution in [3.8, 4) is 45.3 Å². The predicted molar refractivity (Wildman–Crippen MR) is 149 cm³/mol. The second-order valence-corrected chi connectivity index (χ2v) is 9.31. The van der Waals surface area contributed by atoms with Crippen LogP contribution in [-0.4, -0.2) is 0 Å². The number of rotatable bonds is 6. The fourth-order valence-corrected chi connectivity index (χ4v) is 4.39. The molecule has 0 bridgehead atoms. The summed E-state index contributed by atoms with van der Waals surface area (Å²) in [6, 6.07) is 26.8. The van der Waals surface area contributed by atoms with Gasteiger partial charge < -0.3 is 20.9 Å². The molecule has 4 nitrogen and oxygen atoms in total. The second kappa shape index (κ2) is 11.0. The number of ether oxygens (including phenoxy) is 2. The number of hydrogen-bond acceptors (Lipinski definition) is 4. The predicted octanol–water partition coefficient (Wildman–Crippen LogP) is 9.81. The number of hydrogen-bond donors (Lipinski definition) is 2. The molecule has 0 fully saturated rings. The Kier molecular flexibility index (Phi) is 7.47. The summed E-state index contributed by atoms with van der Waals surface area (Å²) in [7, 11) is 0. The van der Waals surface area contributed by atoms with E-state index in [1.54, 1.807) is 24.3 Å². The summed E-state index contributed by atoms with van der Waals surface area (Å²) in [4.78, 5) is 0. The molecule has 0 heterocycles. The Balaban J connectivity index is 1.58. The Labute approximate surface area is 236 Å². The van der Waals surface area contributed by atoms with Crippen LogP contribution in [0.2, 0.25) is 0 Å². The van der Waals surface area contributed by atoms with E-state index in [2.05, 4.69) is 0 Å². The van der Waals surface area contributed by atoms with Crippen LogP contribution in [0.1, 0.15) is 11.1 Å². The molecule has 5 aromatic rings. The Morgan fingerprint density at radius 2 is 0.976 bits per heavy atom. The molecule has 214 valence electrons. The summed E-state index contributed by atoms with van der Waals surface area (Å²) >= 11 is 0. The molecule has 0 aliphatic rings. The van der Waals surface area contributed by atoms with Crippen LogP contribution in [-0.2, 0) is 12.4 Å². The molecule has 0 atom stereocenters. The van der Waals surface area contributed by atoms with Gasteiger partial charge in [-0.15, -0.1) is 0 Å². The van der Waals surface area contributed by atoms with Gasteiger partial charge in [0, 0.05) is 11.4 Å². The molecule has 0 radical (unpaired) electrons. The monoisotopic (exact) mass is 580 g/mol. The Morgan fingerprint density at radius 1 is 0.452 bits per heavy atom. The third-order valence-corrected chi connectivity index (χ3v) is 6.29. The fourth-order valence-electron chi connectivity index (χ4n) is 4.39. The first kappa shape index (κ1) is 28.4. The lowest BCUT2D eigenvalue weighted by Crippen LogP contribution is -2.08. The first-order chi connectivity index (χ1) is 19.9. The molecule has 0 aromatic heterocycles. The van der Waals surface area contributed by atoms with E-state index in [0.29, 0.717) is 16.7 Å². The van der Waals surface area contributed by atoms with Crippen LogP contribution in [0.15, 0.2) is 109 Å². The minimum absolute atomic E-state index is 0.0671. The third-order valence-electron chi connectivity index (χ3n) is 6.29. The highest BCUT2D eigenvalue weighted by molar-refractivity contribution is 5.85. The minimum Gasteiger partial charge on any atom is -0.457 e. The number of benzene rings is 5. The van der Waals surface area contributed by atoms with Gasteiger partial charge in [0.2, 0.25) is 0 Å². The van der Waals surface area contributed by atoms with E-state index in [0.717, 1.165) is 29.8 Å². The van der Waals surface area contributed by atoms with Crippen molar-refractivity contribution < 1.29 is 35.8 Å². The highest BCUT2D eigenvalue weighted by Gasteiger charge is 2.36. The van der Waals surface area contributed by atoms with E-state index in [1.165, 1.54) is 30.3 Å². The lowest BCUT2D eigenvalue weighted by atomic mass is 9.94. The molecule has 0 unspecified atom stereocenters. The van der Waals surface area contributed by atoms with E-state index in [9.17, 15) is 26.3 Å². The Hall–Kier alpha value is -5.12. The first-order valence-corrected chi connectivity index (χ1v) is 12.5. The smallest absolute Gasteiger partial charge is 0.420 e. The standard InChI is InChI=1S/C32H22F6N2O2/c33-31(34,35)27-16-21(39)9-13-29(27)41-23-8-4-7-20(15-23)26-18-24(11-12-25(26)19-5-2-1-3-6-19)42-30-14-10-22(40)17-28(30)32(36,37)38/h1-18H,39-40H2. The van der Waals surface area contributed by atoms with Crippen LogP contribution in [0.4, 0.5) is 37.7 Å². The molecule has 4 N–H and O–H groups in total. The van der Waals surface area contributed by atoms with E-state index in [1.807, 2.05) is 30.3 Å². The molecule has 5 rings (SSSR count). The number of nitrogen functional groups attached to an aromatic ring is 2. The summed E-state index contributed by atoms with van der Waals surface area (Å²) < 4.78 is 93.3. The summed E-state index contributed by atoms with van der Waals surface area (Å²) in [6.45, 7) is 0. The normalized spacial score (nSPS) is 11.8. The van der Waals surface area contributed by atoms with Crippen molar-refractivity contribution in [2.24, 2.45) is 0 Å². The Morgan fingerprint density at radius 3 is 1.52 bits per heavy atom. The topological polar surface area (TPSA) is 70.5 Å².